The molecule has 1 heterocycles. The number of sulfone groups is 1. The minimum Gasteiger partial charge on any atom is -0.452 e. The highest BCUT2D eigenvalue weighted by Gasteiger charge is 2.31. The van der Waals surface area contributed by atoms with Gasteiger partial charge in [-0.05, 0) is 41.8 Å². The Labute approximate surface area is 170 Å². The van der Waals surface area contributed by atoms with E-state index in [1.54, 1.807) is 42.5 Å². The lowest BCUT2D eigenvalue weighted by molar-refractivity contribution is -0.121. The van der Waals surface area contributed by atoms with Crippen LogP contribution in [-0.4, -0.2) is 38.7 Å². The molecule has 0 N–H and O–H groups in total. The van der Waals surface area contributed by atoms with Gasteiger partial charge in [0.15, 0.2) is 16.4 Å². The summed E-state index contributed by atoms with van der Waals surface area (Å²) >= 11 is 0. The van der Waals surface area contributed by atoms with Crippen molar-refractivity contribution < 1.29 is 22.7 Å². The Morgan fingerprint density at radius 2 is 1.72 bits per heavy atom. The Hall–Kier alpha value is -2.93. The Bertz CT molecular complexity index is 1010. The maximum atomic E-state index is 12.8. The van der Waals surface area contributed by atoms with Crippen LogP contribution in [-0.2, 0) is 19.4 Å². The van der Waals surface area contributed by atoms with Gasteiger partial charge in [0, 0.05) is 11.1 Å². The fourth-order valence-corrected chi connectivity index (χ4v) is 4.38. The molecule has 1 aliphatic heterocycles. The van der Waals surface area contributed by atoms with E-state index in [0.717, 1.165) is 11.0 Å². The fourth-order valence-electron chi connectivity index (χ4n) is 3.11. The molecule has 7 heteroatoms. The van der Waals surface area contributed by atoms with E-state index in [1.807, 2.05) is 12.1 Å². The molecule has 0 aliphatic carbocycles. The molecule has 0 fully saturated rings. The van der Waals surface area contributed by atoms with Gasteiger partial charge in [-0.2, -0.15) is 0 Å². The van der Waals surface area contributed by atoms with Gasteiger partial charge in [-0.3, -0.25) is 4.79 Å². The maximum absolute atomic E-state index is 12.8. The number of anilines is 1. The van der Waals surface area contributed by atoms with E-state index in [1.165, 1.54) is 11.0 Å². The zero-order valence-corrected chi connectivity index (χ0v) is 17.1. The third kappa shape index (κ3) is 5.12. The summed E-state index contributed by atoms with van der Waals surface area (Å²) in [4.78, 5) is 26.5. The van der Waals surface area contributed by atoms with Gasteiger partial charge >= 0.3 is 5.97 Å². The predicted octanol–water partition coefficient (Wildman–Crippen LogP) is 3.31. The van der Waals surface area contributed by atoms with Crippen molar-refractivity contribution in [3.05, 3.63) is 77.2 Å². The number of carbonyl (C=O) groups is 2. The lowest BCUT2D eigenvalue weighted by atomic mass is 10.0. The predicted molar refractivity (Wildman–Crippen MR) is 111 cm³/mol. The first kappa shape index (κ1) is 20.8. The molecule has 29 heavy (non-hydrogen) atoms. The Morgan fingerprint density at radius 1 is 1.07 bits per heavy atom. The zero-order valence-electron chi connectivity index (χ0n) is 16.3. The SMILES string of the molecule is CC(C)c1ccc(C(=O)OCC(=O)N(c2ccccc2)C2C=CS(=O)(=O)C2)cc1. The van der Waals surface area contributed by atoms with Crippen LogP contribution in [0.3, 0.4) is 0 Å². The molecule has 0 saturated carbocycles. The number of ether oxygens (including phenoxy) is 1. The van der Waals surface area contributed by atoms with Crippen molar-refractivity contribution >= 4 is 27.4 Å². The summed E-state index contributed by atoms with van der Waals surface area (Å²) in [6, 6.07) is 15.1. The molecule has 1 aliphatic rings. The molecule has 0 spiro atoms. The zero-order chi connectivity index (χ0) is 21.0. The van der Waals surface area contributed by atoms with Crippen LogP contribution in [0.1, 0.15) is 35.7 Å². The number of esters is 1. The topological polar surface area (TPSA) is 80.8 Å². The van der Waals surface area contributed by atoms with Gasteiger partial charge in [0.1, 0.15) is 0 Å². The molecule has 6 nitrogen and oxygen atoms in total. The highest BCUT2D eigenvalue weighted by atomic mass is 32.2. The molecule has 152 valence electrons. The summed E-state index contributed by atoms with van der Waals surface area (Å²) in [7, 11) is -3.35. The van der Waals surface area contributed by atoms with E-state index in [-0.39, 0.29) is 5.75 Å². The fraction of sp³-hybridized carbons (Fsp3) is 0.273. The third-order valence-corrected chi connectivity index (χ3v) is 6.06. The normalized spacial score (nSPS) is 17.3. The number of hydrogen-bond acceptors (Lipinski definition) is 5. The van der Waals surface area contributed by atoms with Crippen LogP contribution in [0.4, 0.5) is 5.69 Å². The summed E-state index contributed by atoms with van der Waals surface area (Å²) in [5.41, 5.74) is 2.00. The van der Waals surface area contributed by atoms with E-state index in [4.69, 9.17) is 4.74 Å². The summed E-state index contributed by atoms with van der Waals surface area (Å²) in [5, 5.41) is 1.11. The maximum Gasteiger partial charge on any atom is 0.338 e. The van der Waals surface area contributed by atoms with Crippen LogP contribution in [0.5, 0.6) is 0 Å². The monoisotopic (exact) mass is 413 g/mol. The van der Waals surface area contributed by atoms with Crippen molar-refractivity contribution in [1.29, 1.82) is 0 Å². The van der Waals surface area contributed by atoms with E-state index < -0.39 is 34.4 Å². The second-order valence-corrected chi connectivity index (χ2v) is 9.11. The van der Waals surface area contributed by atoms with Crippen LogP contribution < -0.4 is 4.90 Å². The van der Waals surface area contributed by atoms with Crippen LogP contribution >= 0.6 is 0 Å². The Morgan fingerprint density at radius 3 is 2.28 bits per heavy atom. The van der Waals surface area contributed by atoms with E-state index >= 15 is 0 Å². The second-order valence-electron chi connectivity index (χ2n) is 7.18. The molecular formula is C22H23NO5S. The first-order valence-corrected chi connectivity index (χ1v) is 11.0. The lowest BCUT2D eigenvalue weighted by Crippen LogP contribution is -2.43. The quantitative estimate of drug-likeness (QED) is 0.679. The van der Waals surface area contributed by atoms with E-state index in [2.05, 4.69) is 13.8 Å². The van der Waals surface area contributed by atoms with Crippen molar-refractivity contribution in [3.8, 4) is 0 Å². The van der Waals surface area contributed by atoms with Gasteiger partial charge in [0.2, 0.25) is 0 Å². The first-order valence-electron chi connectivity index (χ1n) is 9.32. The smallest absolute Gasteiger partial charge is 0.338 e. The van der Waals surface area contributed by atoms with Gasteiger partial charge < -0.3 is 9.64 Å². The van der Waals surface area contributed by atoms with Crippen molar-refractivity contribution in [3.63, 3.8) is 0 Å². The molecule has 1 unspecified atom stereocenters. The number of para-hydroxylation sites is 1. The molecule has 1 amide bonds. The van der Waals surface area contributed by atoms with Gasteiger partial charge in [0.25, 0.3) is 5.91 Å². The van der Waals surface area contributed by atoms with Gasteiger partial charge in [0.05, 0.1) is 17.4 Å². The van der Waals surface area contributed by atoms with Gasteiger partial charge in [-0.25, -0.2) is 13.2 Å². The highest BCUT2D eigenvalue weighted by molar-refractivity contribution is 7.94. The largest absolute Gasteiger partial charge is 0.452 e. The number of hydrogen-bond donors (Lipinski definition) is 0. The molecule has 3 rings (SSSR count). The number of carbonyl (C=O) groups excluding carboxylic acids is 2. The van der Waals surface area contributed by atoms with Crippen LogP contribution in [0.25, 0.3) is 0 Å². The van der Waals surface area contributed by atoms with Crippen molar-refractivity contribution in [2.24, 2.45) is 0 Å². The standard InChI is InChI=1S/C22H23NO5S/c1-16(2)17-8-10-18(11-9-17)22(25)28-14-21(24)23(19-6-4-3-5-7-19)20-12-13-29(26,27)15-20/h3-13,16,20H,14-15H2,1-2H3. The van der Waals surface area contributed by atoms with Crippen molar-refractivity contribution in [2.45, 2.75) is 25.8 Å². The summed E-state index contributed by atoms with van der Waals surface area (Å²) in [6.07, 6.45) is 1.48. The number of amides is 1. The van der Waals surface area contributed by atoms with Gasteiger partial charge in [-0.1, -0.05) is 44.2 Å². The molecule has 0 saturated heterocycles. The summed E-state index contributed by atoms with van der Waals surface area (Å²) in [5.74, 6) is -0.943. The van der Waals surface area contributed by atoms with Crippen LogP contribution in [0.2, 0.25) is 0 Å². The van der Waals surface area contributed by atoms with E-state index in [0.29, 0.717) is 17.2 Å². The average molecular weight is 413 g/mol. The second kappa shape index (κ2) is 8.61. The highest BCUT2D eigenvalue weighted by Crippen LogP contribution is 2.23. The average Bonchev–Trinajstić information content (AvgIpc) is 3.06. The van der Waals surface area contributed by atoms with Crippen LogP contribution in [0.15, 0.2) is 66.1 Å². The molecule has 1 atom stereocenters. The van der Waals surface area contributed by atoms with Crippen molar-refractivity contribution in [1.82, 2.24) is 0 Å². The molecule has 0 bridgehead atoms. The number of benzene rings is 2. The number of nitrogens with zero attached hydrogens (tertiary/aromatic N) is 1. The minimum atomic E-state index is -3.35. The summed E-state index contributed by atoms with van der Waals surface area (Å²) < 4.78 is 28.8. The number of rotatable bonds is 6. The first-order chi connectivity index (χ1) is 13.8. The molecule has 2 aromatic carbocycles. The Balaban J connectivity index is 1.72. The molecule has 0 aromatic heterocycles. The summed E-state index contributed by atoms with van der Waals surface area (Å²) in [6.45, 7) is 3.63. The van der Waals surface area contributed by atoms with Crippen molar-refractivity contribution in [2.75, 3.05) is 17.3 Å². The molecule has 0 radical (unpaired) electrons. The minimum absolute atomic E-state index is 0.196. The third-order valence-electron chi connectivity index (χ3n) is 4.69. The van der Waals surface area contributed by atoms with Gasteiger partial charge in [-0.15, -0.1) is 0 Å². The van der Waals surface area contributed by atoms with Crippen LogP contribution in [0, 0.1) is 0 Å². The molecular weight excluding hydrogens is 390 g/mol. The molecule has 2 aromatic rings. The van der Waals surface area contributed by atoms with E-state index in [9.17, 15) is 18.0 Å². The lowest BCUT2D eigenvalue weighted by Gasteiger charge is -2.27. The Kier molecular flexibility index (Phi) is 6.17.